The second kappa shape index (κ2) is 8.03. The Labute approximate surface area is 154 Å². The lowest BCUT2D eigenvalue weighted by molar-refractivity contribution is 0.0899. The highest BCUT2D eigenvalue weighted by Gasteiger charge is 2.18. The molecule has 0 radical (unpaired) electrons. The quantitative estimate of drug-likeness (QED) is 0.445. The third-order valence-corrected chi connectivity index (χ3v) is 6.25. The second-order valence-corrected chi connectivity index (χ2v) is 13.7. The van der Waals surface area contributed by atoms with Crippen LogP contribution in [0.5, 0.6) is 0 Å². The summed E-state index contributed by atoms with van der Waals surface area (Å²) in [7, 11) is -1.08. The first-order valence-electron chi connectivity index (χ1n) is 8.87. The summed E-state index contributed by atoms with van der Waals surface area (Å²) in [6.45, 7) is 9.88. The number of ether oxygens (including phenoxy) is 2. The Hall–Kier alpha value is -1.15. The van der Waals surface area contributed by atoms with E-state index in [9.17, 15) is 0 Å². The van der Waals surface area contributed by atoms with Crippen LogP contribution in [0.1, 0.15) is 12.8 Å². The molecular formula is C17H27ClN4O2Si. The van der Waals surface area contributed by atoms with E-state index in [1.54, 1.807) is 0 Å². The van der Waals surface area contributed by atoms with Gasteiger partial charge in [0.05, 0.1) is 5.39 Å². The standard InChI is InChI=1S/C17H27ClN4O2Si/c1-25(2,3)11-10-24-12-22-7-4-14-15(20-17(18)21-16(14)22)19-13-5-8-23-9-6-13/h4,7,13H,5-6,8-12H2,1-3H3,(H,19,20,21). The number of hydrogen-bond donors (Lipinski definition) is 1. The van der Waals surface area contributed by atoms with E-state index >= 15 is 0 Å². The van der Waals surface area contributed by atoms with Crippen LogP contribution in [0, 0.1) is 0 Å². The molecule has 3 rings (SSSR count). The Morgan fingerprint density at radius 3 is 2.80 bits per heavy atom. The van der Waals surface area contributed by atoms with Crippen molar-refractivity contribution in [1.29, 1.82) is 0 Å². The Balaban J connectivity index is 1.71. The fourth-order valence-electron chi connectivity index (χ4n) is 2.83. The minimum absolute atomic E-state index is 0.254. The van der Waals surface area contributed by atoms with Gasteiger partial charge >= 0.3 is 0 Å². The summed E-state index contributed by atoms with van der Waals surface area (Å²) in [6.07, 6.45) is 3.94. The third-order valence-electron chi connectivity index (χ3n) is 4.38. The minimum Gasteiger partial charge on any atom is -0.381 e. The van der Waals surface area contributed by atoms with Crippen molar-refractivity contribution in [3.63, 3.8) is 0 Å². The molecule has 1 N–H and O–H groups in total. The Morgan fingerprint density at radius 2 is 2.08 bits per heavy atom. The van der Waals surface area contributed by atoms with E-state index in [1.165, 1.54) is 0 Å². The number of halogens is 1. The zero-order valence-electron chi connectivity index (χ0n) is 15.2. The van der Waals surface area contributed by atoms with Gasteiger partial charge in [0, 0.05) is 40.1 Å². The normalized spacial score (nSPS) is 16.5. The molecule has 1 aliphatic heterocycles. The average molecular weight is 383 g/mol. The van der Waals surface area contributed by atoms with Crippen molar-refractivity contribution in [2.45, 2.75) is 51.3 Å². The molecule has 0 unspecified atom stereocenters. The predicted molar refractivity (Wildman–Crippen MR) is 104 cm³/mol. The summed E-state index contributed by atoms with van der Waals surface area (Å²) < 4.78 is 13.3. The molecule has 1 saturated heterocycles. The SMILES string of the molecule is C[Si](C)(C)CCOCn1ccc2c(NC3CCOCC3)nc(Cl)nc21. The smallest absolute Gasteiger partial charge is 0.226 e. The summed E-state index contributed by atoms with van der Waals surface area (Å²) >= 11 is 6.16. The monoisotopic (exact) mass is 382 g/mol. The van der Waals surface area contributed by atoms with Gasteiger partial charge in [-0.25, -0.2) is 4.98 Å². The molecule has 2 aromatic heterocycles. The fraction of sp³-hybridized carbons (Fsp3) is 0.647. The molecule has 0 amide bonds. The number of fused-ring (bicyclic) bond motifs is 1. The van der Waals surface area contributed by atoms with Gasteiger partial charge < -0.3 is 19.4 Å². The van der Waals surface area contributed by atoms with Gasteiger partial charge in [0.25, 0.3) is 0 Å². The van der Waals surface area contributed by atoms with Crippen molar-refractivity contribution >= 4 is 36.5 Å². The number of nitrogens with zero attached hydrogens (tertiary/aromatic N) is 3. The summed E-state index contributed by atoms with van der Waals surface area (Å²) in [5.41, 5.74) is 0.808. The number of nitrogens with one attached hydrogen (secondary N) is 1. The molecule has 1 aliphatic rings. The van der Waals surface area contributed by atoms with E-state index < -0.39 is 8.07 Å². The van der Waals surface area contributed by atoms with Crippen molar-refractivity contribution in [2.75, 3.05) is 25.1 Å². The van der Waals surface area contributed by atoms with Crippen LogP contribution in [-0.4, -0.2) is 48.5 Å². The molecule has 0 spiro atoms. The van der Waals surface area contributed by atoms with Crippen LogP contribution in [-0.2, 0) is 16.2 Å². The van der Waals surface area contributed by atoms with Crippen molar-refractivity contribution in [3.05, 3.63) is 17.5 Å². The molecule has 25 heavy (non-hydrogen) atoms. The van der Waals surface area contributed by atoms with Gasteiger partial charge in [0.1, 0.15) is 18.2 Å². The van der Waals surface area contributed by atoms with Crippen LogP contribution >= 0.6 is 11.6 Å². The molecule has 3 heterocycles. The molecular weight excluding hydrogens is 356 g/mol. The van der Waals surface area contributed by atoms with E-state index in [4.69, 9.17) is 21.1 Å². The van der Waals surface area contributed by atoms with Crippen LogP contribution in [0.2, 0.25) is 31.0 Å². The molecule has 0 bridgehead atoms. The molecule has 6 nitrogen and oxygen atoms in total. The highest BCUT2D eigenvalue weighted by molar-refractivity contribution is 6.76. The lowest BCUT2D eigenvalue weighted by Crippen LogP contribution is -2.28. The maximum absolute atomic E-state index is 6.16. The van der Waals surface area contributed by atoms with Crippen molar-refractivity contribution < 1.29 is 9.47 Å². The van der Waals surface area contributed by atoms with Crippen LogP contribution in [0.15, 0.2) is 12.3 Å². The number of anilines is 1. The summed E-state index contributed by atoms with van der Waals surface area (Å²) in [6, 6.07) is 3.53. The Kier molecular flexibility index (Phi) is 5.99. The van der Waals surface area contributed by atoms with E-state index in [-0.39, 0.29) is 5.28 Å². The van der Waals surface area contributed by atoms with Crippen LogP contribution in [0.3, 0.4) is 0 Å². The number of hydrogen-bond acceptors (Lipinski definition) is 5. The van der Waals surface area contributed by atoms with Gasteiger partial charge in [-0.2, -0.15) is 4.98 Å². The molecule has 0 saturated carbocycles. The van der Waals surface area contributed by atoms with Gasteiger partial charge in [-0.15, -0.1) is 0 Å². The molecule has 0 atom stereocenters. The van der Waals surface area contributed by atoms with E-state index in [2.05, 4.69) is 34.9 Å². The first-order valence-corrected chi connectivity index (χ1v) is 13.0. The van der Waals surface area contributed by atoms with Gasteiger partial charge in [0.2, 0.25) is 5.28 Å². The molecule has 0 aliphatic carbocycles. The predicted octanol–water partition coefficient (Wildman–Crippen LogP) is 3.99. The second-order valence-electron chi connectivity index (χ2n) is 7.74. The highest BCUT2D eigenvalue weighted by atomic mass is 35.5. The number of rotatable bonds is 7. The largest absolute Gasteiger partial charge is 0.381 e. The molecule has 1 fully saturated rings. The first kappa shape index (κ1) is 18.6. The van der Waals surface area contributed by atoms with Crippen molar-refractivity contribution in [3.8, 4) is 0 Å². The molecule has 0 aromatic carbocycles. The van der Waals surface area contributed by atoms with E-state index in [0.717, 1.165) is 55.6 Å². The van der Waals surface area contributed by atoms with Gasteiger partial charge in [0.15, 0.2) is 0 Å². The Morgan fingerprint density at radius 1 is 1.32 bits per heavy atom. The fourth-order valence-corrected chi connectivity index (χ4v) is 3.75. The summed E-state index contributed by atoms with van der Waals surface area (Å²) in [4.78, 5) is 8.79. The summed E-state index contributed by atoms with van der Waals surface area (Å²) in [5, 5.41) is 4.73. The van der Waals surface area contributed by atoms with Crippen LogP contribution in [0.4, 0.5) is 5.82 Å². The molecule has 8 heteroatoms. The third kappa shape index (κ3) is 5.16. The van der Waals surface area contributed by atoms with Gasteiger partial charge in [-0.05, 0) is 36.6 Å². The Bertz CT molecular complexity index is 710. The zero-order valence-corrected chi connectivity index (χ0v) is 17.0. The lowest BCUT2D eigenvalue weighted by atomic mass is 10.1. The minimum atomic E-state index is -1.08. The van der Waals surface area contributed by atoms with Crippen LogP contribution < -0.4 is 5.32 Å². The molecule has 138 valence electrons. The first-order chi connectivity index (χ1) is 11.9. The molecule has 2 aromatic rings. The zero-order chi connectivity index (χ0) is 17.9. The van der Waals surface area contributed by atoms with E-state index in [0.29, 0.717) is 12.8 Å². The van der Waals surface area contributed by atoms with Crippen molar-refractivity contribution in [1.82, 2.24) is 14.5 Å². The van der Waals surface area contributed by atoms with Crippen molar-refractivity contribution in [2.24, 2.45) is 0 Å². The van der Waals surface area contributed by atoms with E-state index in [1.807, 2.05) is 16.8 Å². The highest BCUT2D eigenvalue weighted by Crippen LogP contribution is 2.25. The lowest BCUT2D eigenvalue weighted by Gasteiger charge is -2.23. The topological polar surface area (TPSA) is 61.2 Å². The average Bonchev–Trinajstić information content (AvgIpc) is 2.95. The maximum atomic E-state index is 6.16. The van der Waals surface area contributed by atoms with Gasteiger partial charge in [-0.3, -0.25) is 0 Å². The summed E-state index contributed by atoms with van der Waals surface area (Å²) in [5.74, 6) is 0.794. The maximum Gasteiger partial charge on any atom is 0.226 e. The van der Waals surface area contributed by atoms with Gasteiger partial charge in [-0.1, -0.05) is 19.6 Å². The van der Waals surface area contributed by atoms with Crippen LogP contribution in [0.25, 0.3) is 11.0 Å². The number of aromatic nitrogens is 3.